The van der Waals surface area contributed by atoms with Crippen LogP contribution in [0.2, 0.25) is 0 Å². The number of nitrogens with two attached hydrogens (primary N) is 1. The summed E-state index contributed by atoms with van der Waals surface area (Å²) in [6.07, 6.45) is 3.52. The van der Waals surface area contributed by atoms with Gasteiger partial charge in [0, 0.05) is 12.8 Å². The van der Waals surface area contributed by atoms with Crippen molar-refractivity contribution in [3.63, 3.8) is 0 Å². The van der Waals surface area contributed by atoms with E-state index in [1.807, 2.05) is 0 Å². The molecule has 0 bridgehead atoms. The van der Waals surface area contributed by atoms with Gasteiger partial charge < -0.3 is 9.47 Å². The van der Waals surface area contributed by atoms with Crippen molar-refractivity contribution in [3.8, 4) is 0 Å². The van der Waals surface area contributed by atoms with Gasteiger partial charge in [-0.3, -0.25) is 10.2 Å². The van der Waals surface area contributed by atoms with Crippen molar-refractivity contribution in [2.45, 2.75) is 37.1 Å². The molecular weight excluding hydrogens is 196 g/mol. The van der Waals surface area contributed by atoms with Crippen molar-refractivity contribution in [2.75, 3.05) is 6.61 Å². The quantitative estimate of drug-likeness (QED) is 0.224. The van der Waals surface area contributed by atoms with Crippen molar-refractivity contribution >= 4 is 5.91 Å². The molecule has 1 amide bonds. The van der Waals surface area contributed by atoms with Crippen LogP contribution in [-0.2, 0) is 14.3 Å². The van der Waals surface area contributed by atoms with E-state index in [4.69, 9.17) is 15.3 Å². The molecule has 0 unspecified atom stereocenters. The number of hydrogen-bond acceptors (Lipinski definition) is 4. The van der Waals surface area contributed by atoms with Crippen LogP contribution in [0.5, 0.6) is 0 Å². The first-order chi connectivity index (χ1) is 7.17. The van der Waals surface area contributed by atoms with Crippen LogP contribution in [0.15, 0.2) is 12.7 Å². The molecule has 2 saturated heterocycles. The fourth-order valence-electron chi connectivity index (χ4n) is 2.07. The number of hydrazine groups is 1. The maximum absolute atomic E-state index is 11.1. The zero-order valence-electron chi connectivity index (χ0n) is 8.57. The lowest BCUT2D eigenvalue weighted by molar-refractivity contribution is -0.127. The first kappa shape index (κ1) is 10.6. The lowest BCUT2D eigenvalue weighted by Crippen LogP contribution is -2.41. The maximum Gasteiger partial charge on any atom is 0.236 e. The van der Waals surface area contributed by atoms with Crippen LogP contribution in [0.1, 0.15) is 19.3 Å². The van der Waals surface area contributed by atoms with E-state index >= 15 is 0 Å². The van der Waals surface area contributed by atoms with Crippen molar-refractivity contribution in [3.05, 3.63) is 12.7 Å². The number of ether oxygens (including phenoxy) is 2. The minimum atomic E-state index is -0.208. The molecular formula is C10H16N2O3. The van der Waals surface area contributed by atoms with E-state index < -0.39 is 0 Å². The van der Waals surface area contributed by atoms with Gasteiger partial charge in [-0.1, -0.05) is 6.08 Å². The van der Waals surface area contributed by atoms with Crippen molar-refractivity contribution in [1.82, 2.24) is 5.43 Å². The van der Waals surface area contributed by atoms with E-state index in [1.54, 1.807) is 6.08 Å². The third kappa shape index (κ3) is 2.37. The third-order valence-corrected chi connectivity index (χ3v) is 2.93. The van der Waals surface area contributed by atoms with Gasteiger partial charge in [0.25, 0.3) is 0 Å². The van der Waals surface area contributed by atoms with Gasteiger partial charge in [0.15, 0.2) is 0 Å². The average molecular weight is 212 g/mol. The van der Waals surface area contributed by atoms with Crippen LogP contribution in [0.3, 0.4) is 0 Å². The third-order valence-electron chi connectivity index (χ3n) is 2.93. The summed E-state index contributed by atoms with van der Waals surface area (Å²) >= 11 is 0. The molecule has 0 saturated carbocycles. The summed E-state index contributed by atoms with van der Waals surface area (Å²) in [6.45, 7) is 4.47. The second kappa shape index (κ2) is 3.92. The second-order valence-electron chi connectivity index (χ2n) is 4.18. The smallest absolute Gasteiger partial charge is 0.236 e. The molecule has 5 heteroatoms. The summed E-state index contributed by atoms with van der Waals surface area (Å²) < 4.78 is 11.1. The molecule has 3 atom stereocenters. The van der Waals surface area contributed by atoms with Gasteiger partial charge in [0.05, 0.1) is 30.8 Å². The molecule has 0 aliphatic carbocycles. The van der Waals surface area contributed by atoms with Crippen LogP contribution < -0.4 is 11.3 Å². The molecule has 0 aromatic carbocycles. The van der Waals surface area contributed by atoms with Gasteiger partial charge in [-0.2, -0.15) is 0 Å². The Morgan fingerprint density at radius 2 is 2.40 bits per heavy atom. The Kier molecular flexibility index (Phi) is 2.77. The molecule has 84 valence electrons. The molecule has 15 heavy (non-hydrogen) atoms. The van der Waals surface area contributed by atoms with Gasteiger partial charge in [-0.15, -0.1) is 6.58 Å². The molecule has 0 aromatic rings. The van der Waals surface area contributed by atoms with Crippen LogP contribution in [-0.4, -0.2) is 30.3 Å². The molecule has 2 heterocycles. The van der Waals surface area contributed by atoms with Gasteiger partial charge in [-0.25, -0.2) is 5.84 Å². The molecule has 5 nitrogen and oxygen atoms in total. The van der Waals surface area contributed by atoms with Crippen molar-refractivity contribution < 1.29 is 14.3 Å². The molecule has 2 aliphatic rings. The monoisotopic (exact) mass is 212 g/mol. The number of nitrogens with one attached hydrogen (secondary N) is 1. The summed E-state index contributed by atoms with van der Waals surface area (Å²) in [5.41, 5.74) is 2.05. The van der Waals surface area contributed by atoms with E-state index in [0.29, 0.717) is 0 Å². The van der Waals surface area contributed by atoms with E-state index in [1.165, 1.54) is 0 Å². The van der Waals surface area contributed by atoms with Gasteiger partial charge in [0.2, 0.25) is 5.91 Å². The van der Waals surface area contributed by atoms with E-state index in [0.717, 1.165) is 19.4 Å². The number of amides is 1. The van der Waals surface area contributed by atoms with Crippen LogP contribution in [0, 0.1) is 0 Å². The molecule has 2 rings (SSSR count). The second-order valence-corrected chi connectivity index (χ2v) is 4.18. The van der Waals surface area contributed by atoms with Crippen LogP contribution in [0.25, 0.3) is 0 Å². The lowest BCUT2D eigenvalue weighted by atomic mass is 9.90. The summed E-state index contributed by atoms with van der Waals surface area (Å²) in [4.78, 5) is 11.1. The minimum Gasteiger partial charge on any atom is -0.370 e. The normalized spacial score (nSPS) is 38.7. The zero-order valence-corrected chi connectivity index (χ0v) is 8.57. The molecule has 0 radical (unpaired) electrons. The Hall–Kier alpha value is -0.910. The molecule has 1 spiro atoms. The Balaban J connectivity index is 1.94. The molecule has 2 aliphatic heterocycles. The average Bonchev–Trinajstić information content (AvgIpc) is 2.96. The van der Waals surface area contributed by atoms with Crippen molar-refractivity contribution in [2.24, 2.45) is 5.84 Å². The van der Waals surface area contributed by atoms with Crippen molar-refractivity contribution in [1.29, 1.82) is 0 Å². The van der Waals surface area contributed by atoms with E-state index in [9.17, 15) is 4.79 Å². The summed E-state index contributed by atoms with van der Waals surface area (Å²) in [7, 11) is 0. The summed E-state index contributed by atoms with van der Waals surface area (Å²) in [6, 6.07) is 0. The topological polar surface area (TPSA) is 76.9 Å². The lowest BCUT2D eigenvalue weighted by Gasteiger charge is -2.32. The summed E-state index contributed by atoms with van der Waals surface area (Å²) in [5.74, 6) is 4.83. The number of carbonyl (C=O) groups excluding carboxylic acids is 1. The zero-order chi connectivity index (χ0) is 10.9. The van der Waals surface area contributed by atoms with Crippen LogP contribution in [0.4, 0.5) is 0 Å². The Morgan fingerprint density at radius 3 is 2.93 bits per heavy atom. The summed E-state index contributed by atoms with van der Waals surface area (Å²) in [5, 5.41) is 0. The Morgan fingerprint density at radius 1 is 1.67 bits per heavy atom. The predicted molar refractivity (Wildman–Crippen MR) is 53.7 cm³/mol. The number of hydrogen-bond donors (Lipinski definition) is 2. The highest BCUT2D eigenvalue weighted by Gasteiger charge is 2.51. The minimum absolute atomic E-state index is 0.0168. The predicted octanol–water partition coefficient (Wildman–Crippen LogP) is -0.131. The molecule has 3 N–H and O–H groups in total. The highest BCUT2D eigenvalue weighted by atomic mass is 16.6. The largest absolute Gasteiger partial charge is 0.370 e. The first-order valence-corrected chi connectivity index (χ1v) is 5.09. The Bertz CT molecular complexity index is 276. The molecule has 0 aromatic heterocycles. The highest BCUT2D eigenvalue weighted by Crippen LogP contribution is 2.42. The van der Waals surface area contributed by atoms with E-state index in [-0.39, 0.29) is 30.1 Å². The Labute approximate surface area is 88.6 Å². The van der Waals surface area contributed by atoms with Crippen LogP contribution >= 0.6 is 0 Å². The fraction of sp³-hybridized carbons (Fsp3) is 0.700. The van der Waals surface area contributed by atoms with E-state index in [2.05, 4.69) is 12.0 Å². The standard InChI is InChI=1S/C10H16N2O3/c1-2-7-4-10(6-14-10)5-8(15-7)3-9(13)12-11/h2,7-8H,1,3-6,11H2,(H,12,13)/t7-,8-,10-/m1/s1. The SMILES string of the molecule is C=C[C@@H]1C[C@]2(CO2)C[C@@H](CC(=O)NN)O1. The fourth-order valence-corrected chi connectivity index (χ4v) is 2.07. The van der Waals surface area contributed by atoms with Gasteiger partial charge in [0.1, 0.15) is 0 Å². The number of epoxide rings is 1. The first-order valence-electron chi connectivity index (χ1n) is 5.09. The number of carbonyl (C=O) groups is 1. The van der Waals surface area contributed by atoms with Gasteiger partial charge >= 0.3 is 0 Å². The van der Waals surface area contributed by atoms with Gasteiger partial charge in [-0.05, 0) is 0 Å². The highest BCUT2D eigenvalue weighted by molar-refractivity contribution is 5.75. The maximum atomic E-state index is 11.1. The molecule has 2 fully saturated rings. The number of rotatable bonds is 3.